The monoisotopic (exact) mass is 363 g/mol. The maximum atomic E-state index is 12.1. The number of rotatable bonds is 7. The summed E-state index contributed by atoms with van der Waals surface area (Å²) < 4.78 is 5.11. The van der Waals surface area contributed by atoms with Crippen LogP contribution in [0.25, 0.3) is 11.1 Å². The number of esters is 1. The third-order valence-electron chi connectivity index (χ3n) is 4.72. The highest BCUT2D eigenvalue weighted by Crippen LogP contribution is 2.20. The van der Waals surface area contributed by atoms with Crippen molar-refractivity contribution in [3.8, 4) is 11.1 Å². The summed E-state index contributed by atoms with van der Waals surface area (Å²) in [6.45, 7) is 0.340. The molecule has 4 nitrogen and oxygen atoms in total. The third kappa shape index (κ3) is 5.81. The first kappa shape index (κ1) is 18.9. The Kier molecular flexibility index (Phi) is 6.80. The van der Waals surface area contributed by atoms with Crippen LogP contribution in [0, 0.1) is 0 Å². The number of hydrogen-bond donors (Lipinski definition) is 1. The van der Waals surface area contributed by atoms with Crippen LogP contribution in [0.5, 0.6) is 0 Å². The fourth-order valence-corrected chi connectivity index (χ4v) is 3.19. The molecule has 0 aliphatic heterocycles. The van der Waals surface area contributed by atoms with Crippen molar-refractivity contribution in [2.24, 2.45) is 0 Å². The fraction of sp³-hybridized carbons (Fsp3) is 0.304. The number of allylic oxidation sites excluding steroid dienone is 1. The van der Waals surface area contributed by atoms with E-state index in [1.54, 1.807) is 12.1 Å². The molecule has 1 aliphatic rings. The molecule has 0 radical (unpaired) electrons. The highest BCUT2D eigenvalue weighted by Gasteiger charge is 2.11. The van der Waals surface area contributed by atoms with Crippen molar-refractivity contribution in [2.75, 3.05) is 13.2 Å². The molecule has 0 bridgehead atoms. The van der Waals surface area contributed by atoms with Crippen LogP contribution in [-0.2, 0) is 9.53 Å². The average molecular weight is 363 g/mol. The molecule has 0 saturated heterocycles. The number of nitrogens with one attached hydrogen (secondary N) is 1. The van der Waals surface area contributed by atoms with E-state index in [4.69, 9.17) is 4.74 Å². The zero-order valence-electron chi connectivity index (χ0n) is 15.4. The van der Waals surface area contributed by atoms with Gasteiger partial charge in [0.25, 0.3) is 5.91 Å². The Bertz CT molecular complexity index is 794. The van der Waals surface area contributed by atoms with Crippen molar-refractivity contribution in [1.82, 2.24) is 5.32 Å². The molecule has 140 valence electrons. The summed E-state index contributed by atoms with van der Waals surface area (Å²) in [6, 6.07) is 17.1. The Labute approximate surface area is 160 Å². The van der Waals surface area contributed by atoms with Crippen LogP contribution in [0.4, 0.5) is 0 Å². The first-order valence-corrected chi connectivity index (χ1v) is 9.49. The molecule has 0 atom stereocenters. The molecule has 2 aromatic carbocycles. The van der Waals surface area contributed by atoms with Crippen molar-refractivity contribution >= 4 is 11.9 Å². The first-order valence-electron chi connectivity index (χ1n) is 9.49. The van der Waals surface area contributed by atoms with Crippen molar-refractivity contribution in [1.29, 1.82) is 0 Å². The minimum Gasteiger partial charge on any atom is -0.452 e. The van der Waals surface area contributed by atoms with Crippen molar-refractivity contribution < 1.29 is 14.3 Å². The number of benzene rings is 2. The first-order chi connectivity index (χ1) is 13.2. The van der Waals surface area contributed by atoms with E-state index in [0.717, 1.165) is 30.4 Å². The predicted octanol–water partition coefficient (Wildman–Crippen LogP) is 4.52. The van der Waals surface area contributed by atoms with Crippen LogP contribution in [0.2, 0.25) is 0 Å². The molecule has 0 saturated carbocycles. The molecule has 4 heteroatoms. The van der Waals surface area contributed by atoms with Crippen LogP contribution in [-0.4, -0.2) is 25.0 Å². The van der Waals surface area contributed by atoms with Gasteiger partial charge in [-0.25, -0.2) is 4.79 Å². The summed E-state index contributed by atoms with van der Waals surface area (Å²) in [5.74, 6) is -0.750. The smallest absolute Gasteiger partial charge is 0.338 e. The van der Waals surface area contributed by atoms with Crippen LogP contribution in [0.3, 0.4) is 0 Å². The topological polar surface area (TPSA) is 55.4 Å². The van der Waals surface area contributed by atoms with Crippen LogP contribution >= 0.6 is 0 Å². The largest absolute Gasteiger partial charge is 0.452 e. The van der Waals surface area contributed by atoms with Gasteiger partial charge in [-0.15, -0.1) is 0 Å². The van der Waals surface area contributed by atoms with E-state index in [0.29, 0.717) is 12.1 Å². The van der Waals surface area contributed by atoms with E-state index in [1.165, 1.54) is 18.4 Å². The second kappa shape index (κ2) is 9.72. The van der Waals surface area contributed by atoms with Gasteiger partial charge in [0, 0.05) is 6.54 Å². The average Bonchev–Trinajstić information content (AvgIpc) is 2.73. The van der Waals surface area contributed by atoms with Gasteiger partial charge in [-0.3, -0.25) is 4.79 Å². The summed E-state index contributed by atoms with van der Waals surface area (Å²) in [4.78, 5) is 24.0. The third-order valence-corrected chi connectivity index (χ3v) is 4.72. The van der Waals surface area contributed by atoms with E-state index < -0.39 is 5.97 Å². The van der Waals surface area contributed by atoms with Crippen molar-refractivity contribution in [3.05, 3.63) is 71.8 Å². The van der Waals surface area contributed by atoms with E-state index in [9.17, 15) is 9.59 Å². The Balaban J connectivity index is 1.42. The lowest BCUT2D eigenvalue weighted by Crippen LogP contribution is -2.29. The number of carbonyl (C=O) groups is 2. The summed E-state index contributed by atoms with van der Waals surface area (Å²) in [5.41, 5.74) is 3.97. The zero-order chi connectivity index (χ0) is 18.9. The van der Waals surface area contributed by atoms with E-state index >= 15 is 0 Å². The quantitative estimate of drug-likeness (QED) is 0.581. The summed E-state index contributed by atoms with van der Waals surface area (Å²) >= 11 is 0. The van der Waals surface area contributed by atoms with Crippen LogP contribution in [0.15, 0.2) is 66.2 Å². The molecule has 1 amide bonds. The molecular weight excluding hydrogens is 338 g/mol. The molecule has 3 rings (SSSR count). The highest BCUT2D eigenvalue weighted by atomic mass is 16.5. The SMILES string of the molecule is O=C(COC(=O)c1ccc(-c2ccccc2)cc1)NCCC1=CCCCC1. The molecule has 0 heterocycles. The molecule has 0 aromatic heterocycles. The number of amides is 1. The Morgan fingerprint density at radius 3 is 2.37 bits per heavy atom. The van der Waals surface area contributed by atoms with Gasteiger partial charge in [0.2, 0.25) is 0 Å². The second-order valence-electron chi connectivity index (χ2n) is 6.73. The highest BCUT2D eigenvalue weighted by molar-refractivity contribution is 5.91. The second-order valence-corrected chi connectivity index (χ2v) is 6.73. The Hall–Kier alpha value is -2.88. The van der Waals surface area contributed by atoms with Gasteiger partial charge in [0.1, 0.15) is 0 Å². The van der Waals surface area contributed by atoms with E-state index in [2.05, 4.69) is 11.4 Å². The molecule has 0 unspecified atom stereocenters. The zero-order valence-corrected chi connectivity index (χ0v) is 15.4. The van der Waals surface area contributed by atoms with E-state index in [1.807, 2.05) is 42.5 Å². The van der Waals surface area contributed by atoms with Gasteiger partial charge in [-0.05, 0) is 55.4 Å². The molecule has 1 aliphatic carbocycles. The molecular formula is C23H25NO3. The maximum Gasteiger partial charge on any atom is 0.338 e. The number of carbonyl (C=O) groups excluding carboxylic acids is 2. The lowest BCUT2D eigenvalue weighted by molar-refractivity contribution is -0.124. The summed E-state index contributed by atoms with van der Waals surface area (Å²) in [5, 5.41) is 2.81. The standard InChI is InChI=1S/C23H25NO3/c25-22(24-16-15-18-7-3-1-4-8-18)17-27-23(26)21-13-11-20(12-14-21)19-9-5-2-6-10-19/h2,5-7,9-14H,1,3-4,8,15-17H2,(H,24,25). The fourth-order valence-electron chi connectivity index (χ4n) is 3.19. The molecule has 0 fully saturated rings. The Morgan fingerprint density at radius 2 is 1.67 bits per heavy atom. The predicted molar refractivity (Wildman–Crippen MR) is 106 cm³/mol. The number of hydrogen-bond acceptors (Lipinski definition) is 3. The maximum absolute atomic E-state index is 12.1. The van der Waals surface area contributed by atoms with Crippen molar-refractivity contribution in [2.45, 2.75) is 32.1 Å². The minimum absolute atomic E-state index is 0.252. The van der Waals surface area contributed by atoms with E-state index in [-0.39, 0.29) is 12.5 Å². The molecule has 27 heavy (non-hydrogen) atoms. The lowest BCUT2D eigenvalue weighted by Gasteiger charge is -2.13. The van der Waals surface area contributed by atoms with Gasteiger partial charge >= 0.3 is 5.97 Å². The van der Waals surface area contributed by atoms with Crippen LogP contribution < -0.4 is 5.32 Å². The van der Waals surface area contributed by atoms with Crippen molar-refractivity contribution in [3.63, 3.8) is 0 Å². The summed E-state index contributed by atoms with van der Waals surface area (Å²) in [7, 11) is 0. The van der Waals surface area contributed by atoms with Gasteiger partial charge in [-0.1, -0.05) is 54.1 Å². The summed E-state index contributed by atoms with van der Waals surface area (Å²) in [6.07, 6.45) is 7.92. The number of ether oxygens (including phenoxy) is 1. The van der Waals surface area contributed by atoms with Gasteiger partial charge in [0.15, 0.2) is 6.61 Å². The van der Waals surface area contributed by atoms with Gasteiger partial charge in [0.05, 0.1) is 5.56 Å². The Morgan fingerprint density at radius 1 is 0.926 bits per heavy atom. The van der Waals surface area contributed by atoms with Gasteiger partial charge < -0.3 is 10.1 Å². The molecule has 1 N–H and O–H groups in total. The normalized spacial score (nSPS) is 13.6. The van der Waals surface area contributed by atoms with Gasteiger partial charge in [-0.2, -0.15) is 0 Å². The lowest BCUT2D eigenvalue weighted by atomic mass is 9.97. The molecule has 2 aromatic rings. The molecule has 0 spiro atoms. The van der Waals surface area contributed by atoms with Crippen LogP contribution in [0.1, 0.15) is 42.5 Å². The minimum atomic E-state index is -0.486.